The van der Waals surface area contributed by atoms with Crippen molar-refractivity contribution >= 4 is 11.9 Å². The van der Waals surface area contributed by atoms with Gasteiger partial charge in [-0.3, -0.25) is 9.59 Å². The van der Waals surface area contributed by atoms with Crippen molar-refractivity contribution in [3.8, 4) is 0 Å². The molecule has 0 aromatic heterocycles. The summed E-state index contributed by atoms with van der Waals surface area (Å²) in [5.74, 6) is -0.346. The Labute approximate surface area is 180 Å². The zero-order valence-corrected chi connectivity index (χ0v) is 18.6. The van der Waals surface area contributed by atoms with Crippen LogP contribution in [0.3, 0.4) is 0 Å². The molecule has 0 aromatic carbocycles. The molecular weight excluding hydrogens is 392 g/mol. The topological polar surface area (TPSA) is 112 Å². The van der Waals surface area contributed by atoms with Crippen LogP contribution in [0.5, 0.6) is 0 Å². The van der Waals surface area contributed by atoms with Crippen LogP contribution in [0.25, 0.3) is 0 Å². The van der Waals surface area contributed by atoms with Crippen LogP contribution in [-0.2, 0) is 28.5 Å². The van der Waals surface area contributed by atoms with E-state index in [9.17, 15) is 19.8 Å². The molecule has 2 N–H and O–H groups in total. The van der Waals surface area contributed by atoms with E-state index in [4.69, 9.17) is 9.47 Å². The van der Waals surface area contributed by atoms with E-state index in [1.807, 2.05) is 0 Å². The van der Waals surface area contributed by atoms with Crippen LogP contribution in [0.2, 0.25) is 0 Å². The summed E-state index contributed by atoms with van der Waals surface area (Å²) < 4.78 is 20.4. The lowest BCUT2D eigenvalue weighted by atomic mass is 10.0. The molecule has 1 saturated heterocycles. The van der Waals surface area contributed by atoms with Gasteiger partial charge in [0.05, 0.1) is 14.2 Å². The smallest absolute Gasteiger partial charge is 0.305 e. The number of hydrogen-bond donors (Lipinski definition) is 2. The van der Waals surface area contributed by atoms with Crippen molar-refractivity contribution in [1.82, 2.24) is 0 Å². The van der Waals surface area contributed by atoms with Gasteiger partial charge in [-0.05, 0) is 25.7 Å². The Kier molecular flexibility index (Phi) is 14.7. The largest absolute Gasteiger partial charge is 0.469 e. The molecule has 8 heteroatoms. The van der Waals surface area contributed by atoms with Crippen molar-refractivity contribution < 1.29 is 38.7 Å². The molecule has 0 spiro atoms. The molecule has 0 bridgehead atoms. The van der Waals surface area contributed by atoms with Crippen molar-refractivity contribution in [2.24, 2.45) is 0 Å². The van der Waals surface area contributed by atoms with Gasteiger partial charge in [-0.2, -0.15) is 0 Å². The summed E-state index contributed by atoms with van der Waals surface area (Å²) in [6.45, 7) is 0. The average molecular weight is 433 g/mol. The highest BCUT2D eigenvalue weighted by Gasteiger charge is 2.36. The Balaban J connectivity index is 2.06. The van der Waals surface area contributed by atoms with E-state index in [-0.39, 0.29) is 11.9 Å². The maximum atomic E-state index is 11.0. The summed E-state index contributed by atoms with van der Waals surface area (Å²) >= 11 is 0. The summed E-state index contributed by atoms with van der Waals surface area (Å²) in [6, 6.07) is 0. The van der Waals surface area contributed by atoms with E-state index in [0.717, 1.165) is 64.2 Å². The minimum absolute atomic E-state index is 0.173. The van der Waals surface area contributed by atoms with Gasteiger partial charge in [-0.15, -0.1) is 0 Å². The van der Waals surface area contributed by atoms with Gasteiger partial charge in [-0.1, -0.05) is 51.4 Å². The lowest BCUT2D eigenvalue weighted by Gasteiger charge is -2.37. The van der Waals surface area contributed by atoms with Crippen LogP contribution in [0.15, 0.2) is 0 Å². The molecule has 1 heterocycles. The van der Waals surface area contributed by atoms with Crippen LogP contribution in [0, 0.1) is 0 Å². The number of rotatable bonds is 16. The third-order valence-corrected chi connectivity index (χ3v) is 5.46. The summed E-state index contributed by atoms with van der Waals surface area (Å²) in [7, 11) is 2.80. The maximum absolute atomic E-state index is 11.0. The minimum Gasteiger partial charge on any atom is -0.469 e. The Morgan fingerprint density at radius 1 is 0.633 bits per heavy atom. The van der Waals surface area contributed by atoms with Gasteiger partial charge in [0.1, 0.15) is 12.2 Å². The quantitative estimate of drug-likeness (QED) is 0.282. The summed E-state index contributed by atoms with van der Waals surface area (Å²) in [4.78, 5) is 22.1. The molecule has 0 radical (unpaired) electrons. The standard InChI is InChI=1S/C22H40O8/c1-27-19(23)15-11-7-3-5-9-13-17-21(25)30-18(22(26)29-17)14-10-6-4-8-12-16-20(24)28-2/h17-18,21-22,25-26H,3-16H2,1-2H3. The zero-order chi connectivity index (χ0) is 22.2. The number of ether oxygens (including phenoxy) is 4. The molecule has 1 rings (SSSR count). The molecular formula is C22H40O8. The first kappa shape index (κ1) is 26.8. The second-order valence-electron chi connectivity index (χ2n) is 7.90. The highest BCUT2D eigenvalue weighted by Crippen LogP contribution is 2.25. The highest BCUT2D eigenvalue weighted by molar-refractivity contribution is 5.69. The fourth-order valence-electron chi connectivity index (χ4n) is 3.58. The van der Waals surface area contributed by atoms with E-state index in [1.54, 1.807) is 0 Å². The normalized spacial score (nSPS) is 23.9. The number of aliphatic hydroxyl groups is 2. The van der Waals surface area contributed by atoms with Gasteiger partial charge in [0.2, 0.25) is 0 Å². The van der Waals surface area contributed by atoms with Gasteiger partial charge in [0.25, 0.3) is 0 Å². The lowest BCUT2D eigenvalue weighted by Crippen LogP contribution is -2.49. The SMILES string of the molecule is COC(=O)CCCCCCCC1OC(O)C(CCCCCCCC(=O)OC)OC1O. The zero-order valence-electron chi connectivity index (χ0n) is 18.6. The van der Waals surface area contributed by atoms with Crippen LogP contribution < -0.4 is 0 Å². The molecule has 1 aliphatic heterocycles. The average Bonchev–Trinajstić information content (AvgIpc) is 2.74. The van der Waals surface area contributed by atoms with Gasteiger partial charge < -0.3 is 29.2 Å². The number of methoxy groups -OCH3 is 2. The highest BCUT2D eigenvalue weighted by atomic mass is 16.7. The first-order valence-electron chi connectivity index (χ1n) is 11.3. The fraction of sp³-hybridized carbons (Fsp3) is 0.909. The van der Waals surface area contributed by atoms with Crippen LogP contribution >= 0.6 is 0 Å². The van der Waals surface area contributed by atoms with Crippen molar-refractivity contribution in [1.29, 1.82) is 0 Å². The predicted molar refractivity (Wildman–Crippen MR) is 110 cm³/mol. The number of carbonyl (C=O) groups is 2. The summed E-state index contributed by atoms with van der Waals surface area (Å²) in [5.41, 5.74) is 0. The van der Waals surface area contributed by atoms with Crippen LogP contribution in [-0.4, -0.2) is 61.2 Å². The van der Waals surface area contributed by atoms with Gasteiger partial charge >= 0.3 is 11.9 Å². The second kappa shape index (κ2) is 16.5. The third-order valence-electron chi connectivity index (χ3n) is 5.46. The van der Waals surface area contributed by atoms with Gasteiger partial charge in [0, 0.05) is 12.8 Å². The number of esters is 2. The molecule has 4 unspecified atom stereocenters. The molecule has 0 aromatic rings. The molecule has 0 saturated carbocycles. The summed E-state index contributed by atoms with van der Waals surface area (Å²) in [5, 5.41) is 20.4. The second-order valence-corrected chi connectivity index (χ2v) is 7.90. The maximum Gasteiger partial charge on any atom is 0.305 e. The van der Waals surface area contributed by atoms with E-state index >= 15 is 0 Å². The molecule has 8 nitrogen and oxygen atoms in total. The monoisotopic (exact) mass is 432 g/mol. The first-order valence-corrected chi connectivity index (χ1v) is 11.3. The van der Waals surface area contributed by atoms with Gasteiger partial charge in [-0.25, -0.2) is 0 Å². The molecule has 1 aliphatic rings. The van der Waals surface area contributed by atoms with Crippen LogP contribution in [0.1, 0.15) is 89.9 Å². The number of aliphatic hydroxyl groups excluding tert-OH is 2. The molecule has 1 fully saturated rings. The number of hydrogen-bond acceptors (Lipinski definition) is 8. The van der Waals surface area contributed by atoms with Crippen molar-refractivity contribution in [2.75, 3.05) is 14.2 Å². The molecule has 30 heavy (non-hydrogen) atoms. The Morgan fingerprint density at radius 3 is 1.33 bits per heavy atom. The molecule has 0 amide bonds. The van der Waals surface area contributed by atoms with Crippen molar-refractivity contribution in [3.05, 3.63) is 0 Å². The Morgan fingerprint density at radius 2 is 0.967 bits per heavy atom. The Bertz CT molecular complexity index is 428. The van der Waals surface area contributed by atoms with E-state index < -0.39 is 24.8 Å². The van der Waals surface area contributed by atoms with Gasteiger partial charge in [0.15, 0.2) is 12.6 Å². The van der Waals surface area contributed by atoms with Crippen molar-refractivity contribution in [3.63, 3.8) is 0 Å². The van der Waals surface area contributed by atoms with E-state index in [1.165, 1.54) is 14.2 Å². The number of unbranched alkanes of at least 4 members (excludes halogenated alkanes) is 8. The number of carbonyl (C=O) groups excluding carboxylic acids is 2. The van der Waals surface area contributed by atoms with Crippen LogP contribution in [0.4, 0.5) is 0 Å². The predicted octanol–water partition coefficient (Wildman–Crippen LogP) is 3.21. The summed E-state index contributed by atoms with van der Waals surface area (Å²) in [6.07, 6.45) is 8.39. The Hall–Kier alpha value is -1.22. The molecule has 0 aliphatic carbocycles. The minimum atomic E-state index is -1.02. The fourth-order valence-corrected chi connectivity index (χ4v) is 3.58. The molecule has 4 atom stereocenters. The third kappa shape index (κ3) is 11.8. The lowest BCUT2D eigenvalue weighted by molar-refractivity contribution is -0.332. The van der Waals surface area contributed by atoms with E-state index in [0.29, 0.717) is 25.7 Å². The van der Waals surface area contributed by atoms with E-state index in [2.05, 4.69) is 9.47 Å². The van der Waals surface area contributed by atoms with Crippen molar-refractivity contribution in [2.45, 2.75) is 115 Å². The molecule has 176 valence electrons. The first-order chi connectivity index (χ1) is 14.5.